The second-order valence-corrected chi connectivity index (χ2v) is 11.3. The summed E-state index contributed by atoms with van der Waals surface area (Å²) in [6.45, 7) is 4.16. The molecule has 7 aromatic rings. The highest BCUT2D eigenvalue weighted by Crippen LogP contribution is 2.51. The van der Waals surface area contributed by atoms with E-state index in [1.54, 1.807) is 0 Å². The van der Waals surface area contributed by atoms with Crippen LogP contribution in [0.25, 0.3) is 78.3 Å². The van der Waals surface area contributed by atoms with E-state index in [2.05, 4.69) is 117 Å². The molecule has 0 N–H and O–H groups in total. The summed E-state index contributed by atoms with van der Waals surface area (Å²) in [5.74, 6) is 1.90. The van der Waals surface area contributed by atoms with Gasteiger partial charge in [-0.1, -0.05) is 114 Å². The van der Waals surface area contributed by atoms with Crippen molar-refractivity contribution in [1.29, 1.82) is 5.26 Å². The predicted molar refractivity (Wildman–Crippen MR) is 178 cm³/mol. The lowest BCUT2D eigenvalue weighted by atomic mass is 9.90. The van der Waals surface area contributed by atoms with E-state index in [-0.39, 0.29) is 0 Å². The van der Waals surface area contributed by atoms with Crippen molar-refractivity contribution >= 4 is 10.8 Å². The molecule has 4 nitrogen and oxygen atoms in total. The van der Waals surface area contributed by atoms with Crippen molar-refractivity contribution in [3.05, 3.63) is 138 Å². The summed E-state index contributed by atoms with van der Waals surface area (Å²) in [5, 5.41) is 11.7. The monoisotopic (exact) mass is 562 g/mol. The van der Waals surface area contributed by atoms with Gasteiger partial charge in [0, 0.05) is 22.1 Å². The molecule has 8 rings (SSSR count). The zero-order valence-electron chi connectivity index (χ0n) is 24.3. The molecule has 206 valence electrons. The molecular weight excluding hydrogens is 536 g/mol. The highest BCUT2D eigenvalue weighted by Gasteiger charge is 2.26. The molecule has 44 heavy (non-hydrogen) atoms. The first-order chi connectivity index (χ1) is 21.6. The van der Waals surface area contributed by atoms with Crippen LogP contribution in [0.1, 0.15) is 16.7 Å². The minimum atomic E-state index is 0.626. The molecule has 6 aromatic carbocycles. The van der Waals surface area contributed by atoms with Crippen LogP contribution < -0.4 is 0 Å². The van der Waals surface area contributed by atoms with Gasteiger partial charge in [0.1, 0.15) is 0 Å². The van der Waals surface area contributed by atoms with E-state index in [4.69, 9.17) is 15.0 Å². The smallest absolute Gasteiger partial charge is 0.164 e. The van der Waals surface area contributed by atoms with Crippen LogP contribution in [0.5, 0.6) is 0 Å². The Labute approximate surface area is 256 Å². The Bertz CT molecular complexity index is 2180. The minimum absolute atomic E-state index is 0.626. The van der Waals surface area contributed by atoms with Gasteiger partial charge in [0.2, 0.25) is 0 Å². The average molecular weight is 563 g/mol. The van der Waals surface area contributed by atoms with Gasteiger partial charge in [-0.3, -0.25) is 0 Å². The molecule has 0 aliphatic heterocycles. The van der Waals surface area contributed by atoms with Crippen molar-refractivity contribution in [2.45, 2.75) is 13.8 Å². The van der Waals surface area contributed by atoms with Gasteiger partial charge >= 0.3 is 0 Å². The summed E-state index contributed by atoms with van der Waals surface area (Å²) in [7, 11) is 0. The van der Waals surface area contributed by atoms with Gasteiger partial charge in [-0.25, -0.2) is 15.0 Å². The lowest BCUT2D eigenvalue weighted by Crippen LogP contribution is -2.01. The Balaban J connectivity index is 1.44. The number of hydrogen-bond donors (Lipinski definition) is 0. The highest BCUT2D eigenvalue weighted by molar-refractivity contribution is 6.22. The minimum Gasteiger partial charge on any atom is -0.208 e. The Morgan fingerprint density at radius 1 is 0.409 bits per heavy atom. The van der Waals surface area contributed by atoms with Crippen LogP contribution >= 0.6 is 0 Å². The van der Waals surface area contributed by atoms with Crippen molar-refractivity contribution in [2.24, 2.45) is 0 Å². The van der Waals surface area contributed by atoms with Crippen LogP contribution in [-0.2, 0) is 0 Å². The third kappa shape index (κ3) is 4.18. The topological polar surface area (TPSA) is 62.5 Å². The number of hydrogen-bond acceptors (Lipinski definition) is 4. The zero-order chi connectivity index (χ0) is 29.8. The molecule has 1 aromatic heterocycles. The van der Waals surface area contributed by atoms with Gasteiger partial charge in [0.25, 0.3) is 0 Å². The highest BCUT2D eigenvalue weighted by atomic mass is 15.0. The van der Waals surface area contributed by atoms with Crippen LogP contribution in [0.4, 0.5) is 0 Å². The summed E-state index contributed by atoms with van der Waals surface area (Å²) in [4.78, 5) is 15.2. The molecule has 4 heteroatoms. The van der Waals surface area contributed by atoms with Crippen LogP contribution in [-0.4, -0.2) is 15.0 Å². The number of nitriles is 1. The maximum atomic E-state index is 9.44. The molecule has 0 amide bonds. The van der Waals surface area contributed by atoms with Crippen molar-refractivity contribution in [2.75, 3.05) is 0 Å². The van der Waals surface area contributed by atoms with E-state index >= 15 is 0 Å². The summed E-state index contributed by atoms with van der Waals surface area (Å²) >= 11 is 0. The third-order valence-corrected chi connectivity index (χ3v) is 8.49. The van der Waals surface area contributed by atoms with E-state index in [0.29, 0.717) is 23.0 Å². The molecule has 0 bridgehead atoms. The lowest BCUT2D eigenvalue weighted by Gasteiger charge is -2.15. The predicted octanol–water partition coefficient (Wildman–Crippen LogP) is 9.83. The van der Waals surface area contributed by atoms with Crippen molar-refractivity contribution < 1.29 is 0 Å². The summed E-state index contributed by atoms with van der Waals surface area (Å²) in [6.07, 6.45) is 0. The van der Waals surface area contributed by atoms with Crippen LogP contribution in [0.2, 0.25) is 0 Å². The molecule has 1 aliphatic carbocycles. The fraction of sp³-hybridized carbons (Fsp3) is 0.0500. The fourth-order valence-corrected chi connectivity index (χ4v) is 6.21. The number of rotatable bonds is 4. The van der Waals surface area contributed by atoms with Crippen molar-refractivity contribution in [3.8, 4) is 73.6 Å². The Morgan fingerprint density at radius 2 is 0.841 bits per heavy atom. The molecule has 0 atom stereocenters. The molecule has 0 unspecified atom stereocenters. The summed E-state index contributed by atoms with van der Waals surface area (Å²) < 4.78 is 0. The zero-order valence-corrected chi connectivity index (χ0v) is 24.3. The maximum Gasteiger partial charge on any atom is 0.164 e. The van der Waals surface area contributed by atoms with E-state index in [0.717, 1.165) is 33.2 Å². The van der Waals surface area contributed by atoms with Gasteiger partial charge in [-0.15, -0.1) is 0 Å². The van der Waals surface area contributed by atoms with Crippen LogP contribution in [0.15, 0.2) is 121 Å². The number of aromatic nitrogens is 3. The van der Waals surface area contributed by atoms with Crippen LogP contribution in [0.3, 0.4) is 0 Å². The first-order valence-corrected chi connectivity index (χ1v) is 14.7. The second kappa shape index (κ2) is 10.1. The van der Waals surface area contributed by atoms with Crippen molar-refractivity contribution in [1.82, 2.24) is 15.0 Å². The molecular formula is C40H26N4. The normalized spacial score (nSPS) is 11.4. The van der Waals surface area contributed by atoms with Gasteiger partial charge in [0.15, 0.2) is 17.5 Å². The van der Waals surface area contributed by atoms with E-state index in [9.17, 15) is 5.26 Å². The lowest BCUT2D eigenvalue weighted by molar-refractivity contribution is 1.08. The third-order valence-electron chi connectivity index (χ3n) is 8.49. The van der Waals surface area contributed by atoms with E-state index in [1.807, 2.05) is 24.3 Å². The number of benzene rings is 6. The van der Waals surface area contributed by atoms with E-state index < -0.39 is 0 Å². The van der Waals surface area contributed by atoms with E-state index in [1.165, 1.54) is 38.8 Å². The number of aryl methyl sites for hydroxylation is 2. The number of fused-ring (bicyclic) bond motifs is 3. The van der Waals surface area contributed by atoms with Gasteiger partial charge in [-0.05, 0) is 70.8 Å². The van der Waals surface area contributed by atoms with Crippen molar-refractivity contribution in [3.63, 3.8) is 0 Å². The fourth-order valence-electron chi connectivity index (χ4n) is 6.21. The first kappa shape index (κ1) is 25.8. The molecule has 0 fully saturated rings. The first-order valence-electron chi connectivity index (χ1n) is 14.7. The SMILES string of the molecule is Cc1ccc(-c2nc(-c3ccc(C)cc3)nc(-c3ccc4c5c(ccc(-c6ccc(C#N)cc6)c35)-c3ccccc3-4)n2)cc1. The number of nitrogens with zero attached hydrogens (tertiary/aromatic N) is 4. The molecule has 0 saturated heterocycles. The average Bonchev–Trinajstić information content (AvgIpc) is 3.40. The van der Waals surface area contributed by atoms with Gasteiger partial charge < -0.3 is 0 Å². The Kier molecular flexibility index (Phi) is 5.92. The molecule has 1 aliphatic rings. The molecule has 0 spiro atoms. The Morgan fingerprint density at radius 3 is 1.36 bits per heavy atom. The second-order valence-electron chi connectivity index (χ2n) is 11.3. The molecule has 0 saturated carbocycles. The summed E-state index contributed by atoms with van der Waals surface area (Å²) in [6, 6.07) is 44.0. The quantitative estimate of drug-likeness (QED) is 0.214. The standard InChI is InChI=1S/C40H26N4/c1-24-7-13-28(14-8-24)38-42-39(29-15-9-25(2)10-16-29)44-40(43-38)35-22-21-34-32-6-4-3-5-31(32)33-20-19-30(36(35)37(33)34)27-17-11-26(23-41)12-18-27/h3-22H,1-2H3. The Hall–Kier alpha value is -5.92. The summed E-state index contributed by atoms with van der Waals surface area (Å²) in [5.41, 5.74) is 12.8. The molecule has 0 radical (unpaired) electrons. The van der Waals surface area contributed by atoms with Crippen LogP contribution in [0, 0.1) is 25.2 Å². The largest absolute Gasteiger partial charge is 0.208 e. The maximum absolute atomic E-state index is 9.44. The van der Waals surface area contributed by atoms with Gasteiger partial charge in [-0.2, -0.15) is 5.26 Å². The van der Waals surface area contributed by atoms with Gasteiger partial charge in [0.05, 0.1) is 11.6 Å². The molecule has 1 heterocycles.